The first kappa shape index (κ1) is 19.1. The van der Waals surface area contributed by atoms with Crippen LogP contribution in [-0.4, -0.2) is 10.9 Å². The lowest BCUT2D eigenvalue weighted by molar-refractivity contribution is -0.115. The van der Waals surface area contributed by atoms with Crippen LogP contribution in [0.15, 0.2) is 78.9 Å². The molecule has 0 aliphatic carbocycles. The molecular formula is C25H22N2OS. The Morgan fingerprint density at radius 2 is 1.55 bits per heavy atom. The van der Waals surface area contributed by atoms with E-state index in [4.69, 9.17) is 4.98 Å². The molecule has 1 aromatic heterocycles. The van der Waals surface area contributed by atoms with E-state index in [9.17, 15) is 4.79 Å². The van der Waals surface area contributed by atoms with Gasteiger partial charge in [0.15, 0.2) is 5.13 Å². The van der Waals surface area contributed by atoms with E-state index in [0.717, 1.165) is 32.8 Å². The Morgan fingerprint density at radius 3 is 2.21 bits per heavy atom. The number of hydrogen-bond donors (Lipinski definition) is 1. The van der Waals surface area contributed by atoms with Gasteiger partial charge in [-0.3, -0.25) is 4.79 Å². The number of thiazole rings is 1. The summed E-state index contributed by atoms with van der Waals surface area (Å²) in [6, 6.07) is 26.4. The van der Waals surface area contributed by atoms with E-state index in [1.807, 2.05) is 67.6 Å². The SMILES string of the molecule is Cc1ccc(CC(=O)Nc2nc(-c3ccccc3)c(-c3ccccc3)s2)c(C)c1. The molecule has 0 unspecified atom stereocenters. The van der Waals surface area contributed by atoms with Crippen LogP contribution in [0.5, 0.6) is 0 Å². The summed E-state index contributed by atoms with van der Waals surface area (Å²) in [5.41, 5.74) is 6.40. The van der Waals surface area contributed by atoms with Crippen molar-refractivity contribution < 1.29 is 4.79 Å². The number of carbonyl (C=O) groups is 1. The van der Waals surface area contributed by atoms with Crippen molar-refractivity contribution in [1.82, 2.24) is 4.98 Å². The van der Waals surface area contributed by atoms with Crippen LogP contribution in [0.1, 0.15) is 16.7 Å². The van der Waals surface area contributed by atoms with Crippen molar-refractivity contribution >= 4 is 22.4 Å². The van der Waals surface area contributed by atoms with Gasteiger partial charge in [0.25, 0.3) is 0 Å². The summed E-state index contributed by atoms with van der Waals surface area (Å²) in [5.74, 6) is -0.0510. The van der Waals surface area contributed by atoms with Gasteiger partial charge in [-0.05, 0) is 30.5 Å². The number of rotatable bonds is 5. The summed E-state index contributed by atoms with van der Waals surface area (Å²) in [4.78, 5) is 18.5. The van der Waals surface area contributed by atoms with Crippen LogP contribution in [-0.2, 0) is 11.2 Å². The molecule has 0 aliphatic rings. The van der Waals surface area contributed by atoms with Crippen LogP contribution in [0.2, 0.25) is 0 Å². The molecule has 0 aliphatic heterocycles. The lowest BCUT2D eigenvalue weighted by Gasteiger charge is -2.06. The van der Waals surface area contributed by atoms with Gasteiger partial charge in [0.05, 0.1) is 17.0 Å². The van der Waals surface area contributed by atoms with Gasteiger partial charge in [0, 0.05) is 5.56 Å². The van der Waals surface area contributed by atoms with E-state index in [2.05, 4.69) is 30.4 Å². The second kappa shape index (κ2) is 8.41. The summed E-state index contributed by atoms with van der Waals surface area (Å²) in [6.45, 7) is 4.10. The number of benzene rings is 3. The zero-order chi connectivity index (χ0) is 20.2. The molecule has 4 heteroatoms. The summed E-state index contributed by atoms with van der Waals surface area (Å²) in [5, 5.41) is 3.62. The molecule has 0 saturated carbocycles. The Labute approximate surface area is 175 Å². The molecule has 1 amide bonds. The zero-order valence-corrected chi connectivity index (χ0v) is 17.3. The van der Waals surface area contributed by atoms with Crippen LogP contribution in [0, 0.1) is 13.8 Å². The third kappa shape index (κ3) is 4.44. The van der Waals surface area contributed by atoms with E-state index in [-0.39, 0.29) is 5.91 Å². The van der Waals surface area contributed by atoms with Crippen LogP contribution in [0.25, 0.3) is 21.7 Å². The van der Waals surface area contributed by atoms with Crippen molar-refractivity contribution in [3.63, 3.8) is 0 Å². The van der Waals surface area contributed by atoms with Crippen LogP contribution in [0.4, 0.5) is 5.13 Å². The Hall–Kier alpha value is -3.24. The van der Waals surface area contributed by atoms with Crippen LogP contribution in [0.3, 0.4) is 0 Å². The normalized spacial score (nSPS) is 10.7. The van der Waals surface area contributed by atoms with Gasteiger partial charge in [0.2, 0.25) is 5.91 Å². The molecule has 4 rings (SSSR count). The van der Waals surface area contributed by atoms with Crippen molar-refractivity contribution in [2.24, 2.45) is 0 Å². The molecule has 29 heavy (non-hydrogen) atoms. The number of nitrogens with one attached hydrogen (secondary N) is 1. The van der Waals surface area contributed by atoms with E-state index < -0.39 is 0 Å². The van der Waals surface area contributed by atoms with Crippen LogP contribution >= 0.6 is 11.3 Å². The molecule has 1 N–H and O–H groups in total. The van der Waals surface area contributed by atoms with Gasteiger partial charge in [-0.15, -0.1) is 0 Å². The van der Waals surface area contributed by atoms with Gasteiger partial charge in [-0.1, -0.05) is 95.8 Å². The third-order valence-electron chi connectivity index (χ3n) is 4.81. The van der Waals surface area contributed by atoms with Crippen molar-refractivity contribution in [2.45, 2.75) is 20.3 Å². The predicted molar refractivity (Wildman–Crippen MR) is 121 cm³/mol. The first-order valence-electron chi connectivity index (χ1n) is 9.58. The van der Waals surface area contributed by atoms with Crippen molar-refractivity contribution in [2.75, 3.05) is 5.32 Å². The molecule has 3 aromatic carbocycles. The van der Waals surface area contributed by atoms with Gasteiger partial charge >= 0.3 is 0 Å². The minimum atomic E-state index is -0.0510. The van der Waals surface area contributed by atoms with E-state index in [1.165, 1.54) is 16.9 Å². The van der Waals surface area contributed by atoms with Gasteiger partial charge in [-0.2, -0.15) is 0 Å². The van der Waals surface area contributed by atoms with Gasteiger partial charge in [-0.25, -0.2) is 4.98 Å². The Morgan fingerprint density at radius 1 is 0.897 bits per heavy atom. The van der Waals surface area contributed by atoms with Crippen molar-refractivity contribution in [3.05, 3.63) is 95.6 Å². The lowest BCUT2D eigenvalue weighted by atomic mass is 10.0. The molecule has 0 radical (unpaired) electrons. The number of amides is 1. The molecule has 0 saturated heterocycles. The summed E-state index contributed by atoms with van der Waals surface area (Å²) in [6.07, 6.45) is 0.340. The Balaban J connectivity index is 1.62. The monoisotopic (exact) mass is 398 g/mol. The highest BCUT2D eigenvalue weighted by atomic mass is 32.1. The number of anilines is 1. The lowest BCUT2D eigenvalue weighted by Crippen LogP contribution is -2.14. The fraction of sp³-hybridized carbons (Fsp3) is 0.120. The average Bonchev–Trinajstić information content (AvgIpc) is 3.15. The minimum absolute atomic E-state index is 0.0510. The highest BCUT2D eigenvalue weighted by molar-refractivity contribution is 7.19. The van der Waals surface area contributed by atoms with E-state index >= 15 is 0 Å². The summed E-state index contributed by atoms with van der Waals surface area (Å²) in [7, 11) is 0. The van der Waals surface area contributed by atoms with Gasteiger partial charge < -0.3 is 5.32 Å². The number of aryl methyl sites for hydroxylation is 2. The van der Waals surface area contributed by atoms with E-state index in [1.54, 1.807) is 0 Å². The quantitative estimate of drug-likeness (QED) is 0.430. The largest absolute Gasteiger partial charge is 0.302 e. The minimum Gasteiger partial charge on any atom is -0.302 e. The second-order valence-electron chi connectivity index (χ2n) is 7.08. The highest BCUT2D eigenvalue weighted by Gasteiger charge is 2.16. The Bertz CT molecular complexity index is 1080. The van der Waals surface area contributed by atoms with Crippen molar-refractivity contribution in [3.8, 4) is 21.7 Å². The maximum absolute atomic E-state index is 12.7. The molecule has 1 heterocycles. The summed E-state index contributed by atoms with van der Waals surface area (Å²) < 4.78 is 0. The predicted octanol–water partition coefficient (Wildman–Crippen LogP) is 6.28. The molecule has 3 nitrogen and oxygen atoms in total. The molecule has 0 spiro atoms. The number of carbonyl (C=O) groups excluding carboxylic acids is 1. The number of hydrogen-bond acceptors (Lipinski definition) is 3. The molecular weight excluding hydrogens is 376 g/mol. The van der Waals surface area contributed by atoms with E-state index in [0.29, 0.717) is 11.6 Å². The molecule has 0 atom stereocenters. The number of nitrogens with zero attached hydrogens (tertiary/aromatic N) is 1. The Kier molecular flexibility index (Phi) is 5.54. The zero-order valence-electron chi connectivity index (χ0n) is 16.5. The first-order valence-corrected chi connectivity index (χ1v) is 10.4. The molecule has 4 aromatic rings. The first-order chi connectivity index (χ1) is 14.1. The third-order valence-corrected chi connectivity index (χ3v) is 5.83. The fourth-order valence-electron chi connectivity index (χ4n) is 3.33. The maximum Gasteiger partial charge on any atom is 0.230 e. The fourth-order valence-corrected chi connectivity index (χ4v) is 4.34. The molecule has 0 fully saturated rings. The summed E-state index contributed by atoms with van der Waals surface area (Å²) >= 11 is 1.51. The second-order valence-corrected chi connectivity index (χ2v) is 8.08. The van der Waals surface area contributed by atoms with Gasteiger partial charge in [0.1, 0.15) is 0 Å². The maximum atomic E-state index is 12.7. The molecule has 144 valence electrons. The highest BCUT2D eigenvalue weighted by Crippen LogP contribution is 2.38. The number of aromatic nitrogens is 1. The average molecular weight is 399 g/mol. The molecule has 0 bridgehead atoms. The topological polar surface area (TPSA) is 42.0 Å². The standard InChI is InChI=1S/C25H22N2OS/c1-17-13-14-21(18(2)15-17)16-22(28)26-25-27-23(19-9-5-3-6-10-19)24(29-25)20-11-7-4-8-12-20/h3-15H,16H2,1-2H3,(H,26,27,28). The van der Waals surface area contributed by atoms with Crippen molar-refractivity contribution in [1.29, 1.82) is 0 Å². The van der Waals surface area contributed by atoms with Crippen LogP contribution < -0.4 is 5.32 Å². The smallest absolute Gasteiger partial charge is 0.230 e.